The summed E-state index contributed by atoms with van der Waals surface area (Å²) in [7, 11) is 3.52. The lowest BCUT2D eigenvalue weighted by atomic mass is 9.88. The van der Waals surface area contributed by atoms with E-state index in [-0.39, 0.29) is 18.0 Å². The molecule has 0 heterocycles. The molecule has 0 aliphatic heterocycles. The second kappa shape index (κ2) is 9.11. The van der Waals surface area contributed by atoms with Crippen molar-refractivity contribution in [3.05, 3.63) is 29.3 Å². The molecule has 1 unspecified atom stereocenters. The number of hydrogen-bond acceptors (Lipinski definition) is 4. The number of fused-ring (bicyclic) bond motifs is 1. The summed E-state index contributed by atoms with van der Waals surface area (Å²) in [5.74, 6) is 0.920. The van der Waals surface area contributed by atoms with E-state index in [1.165, 1.54) is 11.1 Å². The first-order valence-corrected chi connectivity index (χ1v) is 9.58. The van der Waals surface area contributed by atoms with Crippen LogP contribution >= 0.6 is 0 Å². The molecule has 0 saturated heterocycles. The number of hydrogen-bond donors (Lipinski definition) is 1. The second-order valence-corrected chi connectivity index (χ2v) is 8.26. The molecule has 27 heavy (non-hydrogen) atoms. The van der Waals surface area contributed by atoms with Gasteiger partial charge in [0.05, 0.1) is 6.61 Å². The van der Waals surface area contributed by atoms with Crippen LogP contribution in [-0.2, 0) is 22.4 Å². The van der Waals surface area contributed by atoms with E-state index in [0.717, 1.165) is 25.0 Å². The van der Waals surface area contributed by atoms with Crippen molar-refractivity contribution < 1.29 is 19.1 Å². The van der Waals surface area contributed by atoms with Crippen molar-refractivity contribution in [2.24, 2.45) is 0 Å². The van der Waals surface area contributed by atoms with E-state index in [0.29, 0.717) is 19.4 Å². The number of carbonyl (C=O) groups excluding carboxylic acids is 2. The maximum absolute atomic E-state index is 12.0. The Labute approximate surface area is 162 Å². The Kier molecular flexibility index (Phi) is 7.11. The van der Waals surface area contributed by atoms with Gasteiger partial charge < -0.3 is 19.7 Å². The van der Waals surface area contributed by atoms with E-state index in [9.17, 15) is 9.59 Å². The van der Waals surface area contributed by atoms with Gasteiger partial charge in [-0.2, -0.15) is 0 Å². The van der Waals surface area contributed by atoms with Crippen LogP contribution < -0.4 is 10.1 Å². The number of aryl methyl sites for hydroxylation is 1. The maximum atomic E-state index is 12.0. The van der Waals surface area contributed by atoms with Gasteiger partial charge in [0, 0.05) is 26.6 Å². The lowest BCUT2D eigenvalue weighted by Crippen LogP contribution is -2.41. The molecule has 150 valence electrons. The highest BCUT2D eigenvalue weighted by Gasteiger charge is 2.23. The third-order valence-corrected chi connectivity index (χ3v) is 4.43. The SMILES string of the molecule is CN(C)C(=O)CCCOc1ccc2c(c1)CC(NC(=O)OC(C)(C)C)CC2. The average molecular weight is 376 g/mol. The van der Waals surface area contributed by atoms with E-state index in [4.69, 9.17) is 9.47 Å². The van der Waals surface area contributed by atoms with E-state index in [1.807, 2.05) is 32.9 Å². The summed E-state index contributed by atoms with van der Waals surface area (Å²) in [6.07, 6.45) is 3.41. The summed E-state index contributed by atoms with van der Waals surface area (Å²) in [4.78, 5) is 25.2. The fourth-order valence-electron chi connectivity index (χ4n) is 3.06. The summed E-state index contributed by atoms with van der Waals surface area (Å²) in [5, 5.41) is 2.97. The molecule has 1 aliphatic rings. The van der Waals surface area contributed by atoms with Gasteiger partial charge in [0.25, 0.3) is 0 Å². The second-order valence-electron chi connectivity index (χ2n) is 8.26. The number of nitrogens with one attached hydrogen (secondary N) is 1. The lowest BCUT2D eigenvalue weighted by molar-refractivity contribution is -0.128. The fraction of sp³-hybridized carbons (Fsp3) is 0.619. The van der Waals surface area contributed by atoms with Crippen LogP contribution in [0, 0.1) is 0 Å². The number of ether oxygens (including phenoxy) is 2. The molecule has 1 aromatic carbocycles. The van der Waals surface area contributed by atoms with Crippen LogP contribution in [0.15, 0.2) is 18.2 Å². The number of alkyl carbamates (subject to hydrolysis) is 1. The molecule has 0 saturated carbocycles. The highest BCUT2D eigenvalue weighted by molar-refractivity contribution is 5.75. The van der Waals surface area contributed by atoms with Crippen molar-refractivity contribution in [1.29, 1.82) is 0 Å². The van der Waals surface area contributed by atoms with Crippen molar-refractivity contribution in [2.75, 3.05) is 20.7 Å². The molecular formula is C21H32N2O4. The summed E-state index contributed by atoms with van der Waals surface area (Å²) in [5.41, 5.74) is 2.00. The van der Waals surface area contributed by atoms with Crippen molar-refractivity contribution in [3.8, 4) is 5.75 Å². The molecule has 6 nitrogen and oxygen atoms in total. The number of benzene rings is 1. The van der Waals surface area contributed by atoms with Gasteiger partial charge in [0.15, 0.2) is 0 Å². The van der Waals surface area contributed by atoms with Crippen molar-refractivity contribution in [2.45, 2.75) is 64.5 Å². The van der Waals surface area contributed by atoms with Gasteiger partial charge in [0.2, 0.25) is 5.91 Å². The Hall–Kier alpha value is -2.24. The largest absolute Gasteiger partial charge is 0.494 e. The van der Waals surface area contributed by atoms with Gasteiger partial charge in [-0.3, -0.25) is 4.79 Å². The number of nitrogens with zero attached hydrogens (tertiary/aromatic N) is 1. The van der Waals surface area contributed by atoms with E-state index >= 15 is 0 Å². The van der Waals surface area contributed by atoms with Gasteiger partial charge in [-0.05, 0) is 69.7 Å². The van der Waals surface area contributed by atoms with Gasteiger partial charge in [0.1, 0.15) is 11.4 Å². The Morgan fingerprint density at radius 3 is 2.63 bits per heavy atom. The highest BCUT2D eigenvalue weighted by atomic mass is 16.6. The van der Waals surface area contributed by atoms with Crippen LogP contribution in [0.3, 0.4) is 0 Å². The molecule has 1 N–H and O–H groups in total. The van der Waals surface area contributed by atoms with Crippen LogP contribution in [-0.4, -0.2) is 49.2 Å². The zero-order valence-corrected chi connectivity index (χ0v) is 17.1. The first-order valence-electron chi connectivity index (χ1n) is 9.58. The summed E-state index contributed by atoms with van der Waals surface area (Å²) in [6, 6.07) is 6.19. The van der Waals surface area contributed by atoms with Crippen LogP contribution in [0.1, 0.15) is 51.2 Å². The smallest absolute Gasteiger partial charge is 0.407 e. The predicted molar refractivity (Wildman–Crippen MR) is 105 cm³/mol. The molecule has 1 aromatic rings. The fourth-order valence-corrected chi connectivity index (χ4v) is 3.06. The minimum absolute atomic E-state index is 0.0697. The molecule has 2 amide bonds. The Morgan fingerprint density at radius 2 is 1.96 bits per heavy atom. The van der Waals surface area contributed by atoms with E-state index in [1.54, 1.807) is 19.0 Å². The zero-order chi connectivity index (χ0) is 20.0. The summed E-state index contributed by atoms with van der Waals surface area (Å²) < 4.78 is 11.1. The molecule has 0 spiro atoms. The van der Waals surface area contributed by atoms with Crippen LogP contribution in [0.4, 0.5) is 4.79 Å². The van der Waals surface area contributed by atoms with Gasteiger partial charge in [-0.15, -0.1) is 0 Å². The van der Waals surface area contributed by atoms with E-state index < -0.39 is 5.60 Å². The van der Waals surface area contributed by atoms with Crippen LogP contribution in [0.2, 0.25) is 0 Å². The van der Waals surface area contributed by atoms with Crippen molar-refractivity contribution in [3.63, 3.8) is 0 Å². The monoisotopic (exact) mass is 376 g/mol. The first kappa shape index (κ1) is 21.1. The minimum Gasteiger partial charge on any atom is -0.494 e. The molecule has 2 rings (SSSR count). The molecule has 1 atom stereocenters. The third kappa shape index (κ3) is 7.12. The van der Waals surface area contributed by atoms with Crippen molar-refractivity contribution >= 4 is 12.0 Å². The van der Waals surface area contributed by atoms with Crippen LogP contribution in [0.25, 0.3) is 0 Å². The molecule has 0 radical (unpaired) electrons. The average Bonchev–Trinajstić information content (AvgIpc) is 2.56. The minimum atomic E-state index is -0.494. The zero-order valence-electron chi connectivity index (χ0n) is 17.1. The lowest BCUT2D eigenvalue weighted by Gasteiger charge is -2.27. The molecular weight excluding hydrogens is 344 g/mol. The molecule has 0 aromatic heterocycles. The quantitative estimate of drug-likeness (QED) is 0.774. The van der Waals surface area contributed by atoms with Gasteiger partial charge in [-0.25, -0.2) is 4.79 Å². The standard InChI is InChI=1S/C21H32N2O4/c1-21(2,3)27-20(25)22-17-10-8-15-9-11-18(14-16(15)13-17)26-12-6-7-19(24)23(4)5/h9,11,14,17H,6-8,10,12-13H2,1-5H3,(H,22,25). The number of rotatable bonds is 6. The maximum Gasteiger partial charge on any atom is 0.407 e. The topological polar surface area (TPSA) is 67.9 Å². The Morgan fingerprint density at radius 1 is 1.22 bits per heavy atom. The van der Waals surface area contributed by atoms with E-state index in [2.05, 4.69) is 11.4 Å². The molecule has 0 bridgehead atoms. The van der Waals surface area contributed by atoms with Gasteiger partial charge in [-0.1, -0.05) is 6.07 Å². The highest BCUT2D eigenvalue weighted by Crippen LogP contribution is 2.26. The summed E-state index contributed by atoms with van der Waals surface area (Å²) in [6.45, 7) is 6.09. The molecule has 0 fully saturated rings. The number of amides is 2. The third-order valence-electron chi connectivity index (χ3n) is 4.43. The predicted octanol–water partition coefficient (Wildman–Crippen LogP) is 3.32. The van der Waals surface area contributed by atoms with Crippen molar-refractivity contribution in [1.82, 2.24) is 10.2 Å². The van der Waals surface area contributed by atoms with Crippen LogP contribution in [0.5, 0.6) is 5.75 Å². The number of carbonyl (C=O) groups is 2. The summed E-state index contributed by atoms with van der Waals surface area (Å²) >= 11 is 0. The normalized spacial score (nSPS) is 16.3. The Balaban J connectivity index is 1.85. The van der Waals surface area contributed by atoms with Gasteiger partial charge >= 0.3 is 6.09 Å². The first-order chi connectivity index (χ1) is 12.6. The Bertz CT molecular complexity index is 665. The molecule has 6 heteroatoms. The molecule has 1 aliphatic carbocycles.